The van der Waals surface area contributed by atoms with Crippen LogP contribution in [0.5, 0.6) is 0 Å². The monoisotopic (exact) mass is 489 g/mol. The van der Waals surface area contributed by atoms with Gasteiger partial charge in [-0.15, -0.1) is 0 Å². The summed E-state index contributed by atoms with van der Waals surface area (Å²) in [5.41, 5.74) is 1.01. The summed E-state index contributed by atoms with van der Waals surface area (Å²) in [5, 5.41) is 18.9. The van der Waals surface area contributed by atoms with Gasteiger partial charge in [-0.3, -0.25) is 24.0 Å². The quantitative estimate of drug-likeness (QED) is 0.459. The Labute approximate surface area is 204 Å². The zero-order chi connectivity index (χ0) is 24.3. The lowest BCUT2D eigenvalue weighted by atomic mass is 10.0. The van der Waals surface area contributed by atoms with Crippen molar-refractivity contribution in [3.8, 4) is 6.07 Å². The van der Waals surface area contributed by atoms with E-state index in [0.717, 1.165) is 19.5 Å². The number of nitrogens with zero attached hydrogens (tertiary/aromatic N) is 5. The molecule has 3 rings (SSSR count). The average molecular weight is 490 g/mol. The largest absolute Gasteiger partial charge is 0.395 e. The molecule has 2 fully saturated rings. The van der Waals surface area contributed by atoms with E-state index in [0.29, 0.717) is 58.3 Å². The molecule has 2 aliphatic heterocycles. The molecule has 0 unspecified atom stereocenters. The summed E-state index contributed by atoms with van der Waals surface area (Å²) in [5.74, 6) is 1.03. The Balaban J connectivity index is 2.03. The molecule has 0 bridgehead atoms. The molecule has 3 heterocycles. The fourth-order valence-corrected chi connectivity index (χ4v) is 5.42. The Bertz CT molecular complexity index is 1070. The summed E-state index contributed by atoms with van der Waals surface area (Å²) in [6.45, 7) is 10.1. The SMILES string of the molecule is Cc1c(/C=C2\SC(=S)N(CCC(C)C)C2=O)c(N2CCN(CCO)CC2)n(C)c(=O)c1C#N. The number of aliphatic hydroxyl groups excluding tert-OH is 1. The number of hydrogen-bond acceptors (Lipinski definition) is 8. The third-order valence-corrected chi connectivity index (χ3v) is 7.51. The number of nitriles is 1. The summed E-state index contributed by atoms with van der Waals surface area (Å²) in [6, 6.07) is 2.04. The van der Waals surface area contributed by atoms with Gasteiger partial charge in [0.25, 0.3) is 11.5 Å². The number of β-amino-alcohol motifs (C(OH)–C–C–N with tert-alkyl or cyclic N) is 1. The number of aromatic nitrogens is 1. The van der Waals surface area contributed by atoms with Crippen LogP contribution in [-0.4, -0.2) is 75.6 Å². The standard InChI is InChI=1S/C23H31N5O3S2/c1-15(2)5-6-28-22(31)19(33-23(28)32)13-17-16(3)18(14-24)21(30)25(4)20(17)27-9-7-26(8-10-27)11-12-29/h13,15,29H,5-12H2,1-4H3/b19-13-. The van der Waals surface area contributed by atoms with Gasteiger partial charge >= 0.3 is 0 Å². The summed E-state index contributed by atoms with van der Waals surface area (Å²) in [6.07, 6.45) is 2.65. The fourth-order valence-electron chi connectivity index (χ4n) is 4.13. The van der Waals surface area contributed by atoms with Crippen LogP contribution in [0.1, 0.15) is 37.0 Å². The number of piperazine rings is 1. The number of aliphatic hydroxyl groups is 1. The second-order valence-electron chi connectivity index (χ2n) is 8.78. The lowest BCUT2D eigenvalue weighted by molar-refractivity contribution is -0.122. The molecule has 1 amide bonds. The molecule has 2 aliphatic rings. The van der Waals surface area contributed by atoms with Gasteiger partial charge in [-0.1, -0.05) is 37.8 Å². The van der Waals surface area contributed by atoms with E-state index in [1.54, 1.807) is 24.9 Å². The first-order chi connectivity index (χ1) is 15.7. The Morgan fingerprint density at radius 2 is 1.88 bits per heavy atom. The lowest BCUT2D eigenvalue weighted by Crippen LogP contribution is -2.49. The molecular formula is C23H31N5O3S2. The number of carbonyl (C=O) groups excluding carboxylic acids is 1. The second kappa shape index (κ2) is 10.8. The minimum Gasteiger partial charge on any atom is -0.395 e. The Hall–Kier alpha value is -2.19. The van der Waals surface area contributed by atoms with Crippen LogP contribution in [0.3, 0.4) is 0 Å². The van der Waals surface area contributed by atoms with Crippen molar-refractivity contribution in [1.82, 2.24) is 14.4 Å². The molecule has 178 valence electrons. The van der Waals surface area contributed by atoms with Gasteiger partial charge < -0.3 is 10.0 Å². The number of amides is 1. The van der Waals surface area contributed by atoms with E-state index in [4.69, 9.17) is 12.2 Å². The first-order valence-electron chi connectivity index (χ1n) is 11.2. The highest BCUT2D eigenvalue weighted by Gasteiger charge is 2.33. The van der Waals surface area contributed by atoms with Crippen LogP contribution in [0.25, 0.3) is 6.08 Å². The van der Waals surface area contributed by atoms with Crippen molar-refractivity contribution < 1.29 is 9.90 Å². The van der Waals surface area contributed by atoms with Crippen molar-refractivity contribution >= 4 is 46.1 Å². The molecule has 0 saturated carbocycles. The summed E-state index contributed by atoms with van der Waals surface area (Å²) >= 11 is 6.74. The molecule has 0 atom stereocenters. The van der Waals surface area contributed by atoms with Crippen LogP contribution in [0.15, 0.2) is 9.70 Å². The van der Waals surface area contributed by atoms with Gasteiger partial charge in [0.2, 0.25) is 0 Å². The topological polar surface area (TPSA) is 92.8 Å². The number of hydrogen-bond donors (Lipinski definition) is 1. The fraction of sp³-hybridized carbons (Fsp3) is 0.565. The van der Waals surface area contributed by atoms with Gasteiger partial charge in [0.1, 0.15) is 21.8 Å². The third kappa shape index (κ3) is 5.32. The first-order valence-corrected chi connectivity index (χ1v) is 12.4. The van der Waals surface area contributed by atoms with Crippen LogP contribution in [0.2, 0.25) is 0 Å². The number of anilines is 1. The maximum absolute atomic E-state index is 13.1. The van der Waals surface area contributed by atoms with Gasteiger partial charge in [-0.25, -0.2) is 0 Å². The van der Waals surface area contributed by atoms with Crippen molar-refractivity contribution in [2.75, 3.05) is 50.8 Å². The van der Waals surface area contributed by atoms with E-state index in [1.165, 1.54) is 16.3 Å². The Morgan fingerprint density at radius 3 is 2.45 bits per heavy atom. The summed E-state index contributed by atoms with van der Waals surface area (Å²) in [7, 11) is 1.67. The van der Waals surface area contributed by atoms with E-state index in [2.05, 4.69) is 23.6 Å². The molecule has 1 aromatic heterocycles. The highest BCUT2D eigenvalue weighted by atomic mass is 32.2. The molecule has 2 saturated heterocycles. The molecule has 0 aromatic carbocycles. The minimum absolute atomic E-state index is 0.0849. The lowest BCUT2D eigenvalue weighted by Gasteiger charge is -2.37. The smallest absolute Gasteiger partial charge is 0.270 e. The number of carbonyl (C=O) groups is 1. The zero-order valence-corrected chi connectivity index (χ0v) is 21.3. The maximum atomic E-state index is 13.1. The predicted octanol–water partition coefficient (Wildman–Crippen LogP) is 1.93. The molecule has 0 aliphatic carbocycles. The average Bonchev–Trinajstić information content (AvgIpc) is 3.04. The molecule has 0 spiro atoms. The first kappa shape index (κ1) is 25.4. The van der Waals surface area contributed by atoms with Crippen molar-refractivity contribution in [1.29, 1.82) is 5.26 Å². The van der Waals surface area contributed by atoms with Crippen LogP contribution < -0.4 is 10.5 Å². The Kier molecular flexibility index (Phi) is 8.34. The third-order valence-electron chi connectivity index (χ3n) is 6.14. The van der Waals surface area contributed by atoms with Gasteiger partial charge in [0.05, 0.1) is 11.5 Å². The number of thiocarbonyl (C=S) groups is 1. The highest BCUT2D eigenvalue weighted by molar-refractivity contribution is 8.26. The van der Waals surface area contributed by atoms with E-state index in [9.17, 15) is 20.0 Å². The van der Waals surface area contributed by atoms with Crippen molar-refractivity contribution in [2.45, 2.75) is 27.2 Å². The summed E-state index contributed by atoms with van der Waals surface area (Å²) < 4.78 is 2.05. The van der Waals surface area contributed by atoms with Crippen LogP contribution in [0.4, 0.5) is 5.82 Å². The van der Waals surface area contributed by atoms with Crippen molar-refractivity contribution in [3.05, 3.63) is 31.9 Å². The molecule has 1 aromatic rings. The van der Waals surface area contributed by atoms with Gasteiger partial charge in [0.15, 0.2) is 0 Å². The Morgan fingerprint density at radius 1 is 1.21 bits per heavy atom. The molecule has 33 heavy (non-hydrogen) atoms. The van der Waals surface area contributed by atoms with Crippen molar-refractivity contribution in [2.24, 2.45) is 13.0 Å². The van der Waals surface area contributed by atoms with Crippen molar-refractivity contribution in [3.63, 3.8) is 0 Å². The van der Waals surface area contributed by atoms with Crippen LogP contribution >= 0.6 is 24.0 Å². The molecule has 0 radical (unpaired) electrons. The highest BCUT2D eigenvalue weighted by Crippen LogP contribution is 2.36. The molecular weight excluding hydrogens is 458 g/mol. The molecule has 1 N–H and O–H groups in total. The minimum atomic E-state index is -0.343. The van der Waals surface area contributed by atoms with Gasteiger partial charge in [0, 0.05) is 51.9 Å². The van der Waals surface area contributed by atoms with E-state index >= 15 is 0 Å². The van der Waals surface area contributed by atoms with Gasteiger partial charge in [-0.2, -0.15) is 5.26 Å². The zero-order valence-electron chi connectivity index (χ0n) is 19.6. The molecule has 8 nitrogen and oxygen atoms in total. The van der Waals surface area contributed by atoms with Crippen LogP contribution in [0, 0.1) is 24.2 Å². The van der Waals surface area contributed by atoms with E-state index in [1.807, 2.05) is 6.07 Å². The molecule has 10 heteroatoms. The van der Waals surface area contributed by atoms with Gasteiger partial charge in [-0.05, 0) is 30.9 Å². The van der Waals surface area contributed by atoms with E-state index in [-0.39, 0.29) is 23.6 Å². The predicted molar refractivity (Wildman–Crippen MR) is 136 cm³/mol. The van der Waals surface area contributed by atoms with E-state index < -0.39 is 0 Å². The number of rotatable bonds is 7. The maximum Gasteiger partial charge on any atom is 0.270 e. The number of thioether (sulfide) groups is 1. The normalized spacial score (nSPS) is 18.6. The number of pyridine rings is 1. The second-order valence-corrected chi connectivity index (χ2v) is 10.5. The summed E-state index contributed by atoms with van der Waals surface area (Å²) in [4.78, 5) is 32.5. The van der Waals surface area contributed by atoms with Crippen LogP contribution in [-0.2, 0) is 11.8 Å².